The molecule has 0 aromatic carbocycles. The fraction of sp³-hybridized carbons (Fsp3) is 1.00. The number of aliphatic hydroxyl groups is 1. The summed E-state index contributed by atoms with van der Waals surface area (Å²) < 4.78 is 5.55. The van der Waals surface area contributed by atoms with Gasteiger partial charge in [0.1, 0.15) is 0 Å². The van der Waals surface area contributed by atoms with Crippen LogP contribution in [0.25, 0.3) is 0 Å². The number of hydrogen-bond acceptors (Lipinski definition) is 4. The van der Waals surface area contributed by atoms with Crippen LogP contribution < -0.4 is 5.32 Å². The molecule has 2 atom stereocenters. The van der Waals surface area contributed by atoms with Crippen molar-refractivity contribution in [2.24, 2.45) is 5.92 Å². The van der Waals surface area contributed by atoms with Crippen molar-refractivity contribution in [3.8, 4) is 0 Å². The number of nitrogens with zero attached hydrogens (tertiary/aromatic N) is 1. The van der Waals surface area contributed by atoms with Crippen molar-refractivity contribution in [2.75, 3.05) is 39.8 Å². The summed E-state index contributed by atoms with van der Waals surface area (Å²) in [5, 5.41) is 13.2. The first-order chi connectivity index (χ1) is 8.37. The molecule has 1 heterocycles. The van der Waals surface area contributed by atoms with E-state index >= 15 is 0 Å². The third-order valence-corrected chi connectivity index (χ3v) is 3.24. The summed E-state index contributed by atoms with van der Waals surface area (Å²) in [6.45, 7) is 10.4. The maximum Gasteiger partial charge on any atom is 0.0897 e. The third kappa shape index (κ3) is 7.31. The van der Waals surface area contributed by atoms with E-state index in [0.29, 0.717) is 13.2 Å². The molecule has 0 saturated carbocycles. The Labute approximate surface area is 112 Å². The zero-order chi connectivity index (χ0) is 13.6. The second-order valence-electron chi connectivity index (χ2n) is 6.51. The maximum atomic E-state index is 9.80. The molecule has 0 spiro atoms. The van der Waals surface area contributed by atoms with Crippen molar-refractivity contribution in [2.45, 2.75) is 45.3 Å². The number of piperidine rings is 1. The van der Waals surface area contributed by atoms with E-state index in [-0.39, 0.29) is 5.60 Å². The van der Waals surface area contributed by atoms with Crippen molar-refractivity contribution in [3.05, 3.63) is 0 Å². The zero-order valence-electron chi connectivity index (χ0n) is 12.4. The van der Waals surface area contributed by atoms with Crippen LogP contribution in [0.5, 0.6) is 0 Å². The van der Waals surface area contributed by atoms with Crippen molar-refractivity contribution < 1.29 is 9.84 Å². The molecule has 1 aliphatic rings. The molecule has 1 rings (SSSR count). The van der Waals surface area contributed by atoms with Crippen molar-refractivity contribution in [1.29, 1.82) is 0 Å². The van der Waals surface area contributed by atoms with Crippen molar-refractivity contribution >= 4 is 0 Å². The van der Waals surface area contributed by atoms with E-state index < -0.39 is 6.10 Å². The lowest BCUT2D eigenvalue weighted by Crippen LogP contribution is -2.40. The van der Waals surface area contributed by atoms with E-state index in [1.54, 1.807) is 0 Å². The van der Waals surface area contributed by atoms with Gasteiger partial charge >= 0.3 is 0 Å². The Morgan fingerprint density at radius 3 is 2.78 bits per heavy atom. The fourth-order valence-corrected chi connectivity index (χ4v) is 2.30. The van der Waals surface area contributed by atoms with Gasteiger partial charge in [-0.2, -0.15) is 0 Å². The molecule has 4 heteroatoms. The first-order valence-electron chi connectivity index (χ1n) is 7.08. The third-order valence-electron chi connectivity index (χ3n) is 3.24. The molecule has 0 amide bonds. The van der Waals surface area contributed by atoms with Crippen LogP contribution in [-0.4, -0.2) is 61.5 Å². The Morgan fingerprint density at radius 1 is 1.44 bits per heavy atom. The zero-order valence-corrected chi connectivity index (χ0v) is 12.4. The lowest BCUT2D eigenvalue weighted by molar-refractivity contribution is -0.0480. The van der Waals surface area contributed by atoms with Crippen LogP contribution in [-0.2, 0) is 4.74 Å². The molecule has 0 bridgehead atoms. The van der Waals surface area contributed by atoms with Crippen molar-refractivity contribution in [3.63, 3.8) is 0 Å². The molecule has 1 fully saturated rings. The SMILES string of the molecule is CN1CCCC(CNCC(O)COC(C)(C)C)C1. The van der Waals surface area contributed by atoms with E-state index in [4.69, 9.17) is 4.74 Å². The minimum atomic E-state index is -0.412. The highest BCUT2D eigenvalue weighted by molar-refractivity contribution is 4.73. The molecule has 0 radical (unpaired) electrons. The molecule has 2 N–H and O–H groups in total. The highest BCUT2D eigenvalue weighted by Crippen LogP contribution is 2.13. The number of aliphatic hydroxyl groups excluding tert-OH is 1. The Morgan fingerprint density at radius 2 is 2.17 bits per heavy atom. The predicted octanol–water partition coefficient (Wildman–Crippen LogP) is 1.09. The molecule has 108 valence electrons. The smallest absolute Gasteiger partial charge is 0.0897 e. The summed E-state index contributed by atoms with van der Waals surface area (Å²) in [6.07, 6.45) is 2.18. The minimum absolute atomic E-state index is 0.174. The lowest BCUT2D eigenvalue weighted by Gasteiger charge is -2.30. The highest BCUT2D eigenvalue weighted by Gasteiger charge is 2.17. The summed E-state index contributed by atoms with van der Waals surface area (Å²) in [7, 11) is 2.18. The van der Waals surface area contributed by atoms with Gasteiger partial charge in [-0.05, 0) is 59.7 Å². The van der Waals surface area contributed by atoms with E-state index in [1.807, 2.05) is 20.8 Å². The topological polar surface area (TPSA) is 44.7 Å². The maximum absolute atomic E-state index is 9.80. The largest absolute Gasteiger partial charge is 0.389 e. The summed E-state index contributed by atoms with van der Waals surface area (Å²) >= 11 is 0. The first-order valence-corrected chi connectivity index (χ1v) is 7.08. The molecule has 1 aliphatic heterocycles. The molecule has 0 aromatic rings. The van der Waals surface area contributed by atoms with Crippen LogP contribution in [0.2, 0.25) is 0 Å². The molecule has 4 nitrogen and oxygen atoms in total. The number of ether oxygens (including phenoxy) is 1. The van der Waals surface area contributed by atoms with Crippen LogP contribution in [0.4, 0.5) is 0 Å². The summed E-state index contributed by atoms with van der Waals surface area (Å²) in [6, 6.07) is 0. The Hall–Kier alpha value is -0.160. The fourth-order valence-electron chi connectivity index (χ4n) is 2.30. The van der Waals surface area contributed by atoms with Gasteiger partial charge in [0, 0.05) is 13.1 Å². The minimum Gasteiger partial charge on any atom is -0.389 e. The van der Waals surface area contributed by atoms with Crippen molar-refractivity contribution in [1.82, 2.24) is 10.2 Å². The van der Waals surface area contributed by atoms with Crippen LogP contribution in [0.3, 0.4) is 0 Å². The average Bonchev–Trinajstić information content (AvgIpc) is 2.25. The van der Waals surface area contributed by atoms with E-state index in [1.165, 1.54) is 25.9 Å². The van der Waals surface area contributed by atoms with Gasteiger partial charge in [0.15, 0.2) is 0 Å². The second-order valence-corrected chi connectivity index (χ2v) is 6.51. The standard InChI is InChI=1S/C14H30N2O2/c1-14(2,3)18-11-13(17)9-15-8-12-6-5-7-16(4)10-12/h12-13,15,17H,5-11H2,1-4H3. The molecule has 0 aliphatic carbocycles. The second kappa shape index (κ2) is 7.43. The number of rotatable bonds is 6. The number of likely N-dealkylation sites (tertiary alicyclic amines) is 1. The van der Waals surface area contributed by atoms with Gasteiger partial charge in [0.05, 0.1) is 18.3 Å². The molecular formula is C14H30N2O2. The van der Waals surface area contributed by atoms with Gasteiger partial charge < -0.3 is 20.1 Å². The molecule has 18 heavy (non-hydrogen) atoms. The number of nitrogens with one attached hydrogen (secondary N) is 1. The molecule has 1 saturated heterocycles. The van der Waals surface area contributed by atoms with Gasteiger partial charge in [0.25, 0.3) is 0 Å². The van der Waals surface area contributed by atoms with Crippen LogP contribution in [0, 0.1) is 5.92 Å². The summed E-state index contributed by atoms with van der Waals surface area (Å²) in [5.74, 6) is 0.722. The summed E-state index contributed by atoms with van der Waals surface area (Å²) in [5.41, 5.74) is -0.174. The Balaban J connectivity index is 2.06. The van der Waals surface area contributed by atoms with Gasteiger partial charge in [-0.3, -0.25) is 0 Å². The molecule has 0 aromatic heterocycles. The average molecular weight is 258 g/mol. The van der Waals surface area contributed by atoms with Gasteiger partial charge in [-0.15, -0.1) is 0 Å². The first kappa shape index (κ1) is 15.9. The Kier molecular flexibility index (Phi) is 6.57. The number of hydrogen-bond donors (Lipinski definition) is 2. The van der Waals surface area contributed by atoms with E-state index in [2.05, 4.69) is 17.3 Å². The Bertz CT molecular complexity index is 228. The normalized spacial score (nSPS) is 24.2. The predicted molar refractivity (Wildman–Crippen MR) is 74.8 cm³/mol. The lowest BCUT2D eigenvalue weighted by atomic mass is 9.98. The quantitative estimate of drug-likeness (QED) is 0.749. The molecular weight excluding hydrogens is 228 g/mol. The van der Waals surface area contributed by atoms with E-state index in [0.717, 1.165) is 12.5 Å². The van der Waals surface area contributed by atoms with Gasteiger partial charge in [-0.25, -0.2) is 0 Å². The van der Waals surface area contributed by atoms with Crippen LogP contribution in [0.15, 0.2) is 0 Å². The van der Waals surface area contributed by atoms with E-state index in [9.17, 15) is 5.11 Å². The monoisotopic (exact) mass is 258 g/mol. The van der Waals surface area contributed by atoms with Crippen LogP contribution in [0.1, 0.15) is 33.6 Å². The van der Waals surface area contributed by atoms with Gasteiger partial charge in [-0.1, -0.05) is 0 Å². The molecule has 2 unspecified atom stereocenters. The van der Waals surface area contributed by atoms with Gasteiger partial charge in [0.2, 0.25) is 0 Å². The highest BCUT2D eigenvalue weighted by atomic mass is 16.5. The summed E-state index contributed by atoms with van der Waals surface area (Å²) in [4.78, 5) is 2.38. The van der Waals surface area contributed by atoms with Crippen LogP contribution >= 0.6 is 0 Å².